The molecule has 0 atom stereocenters. The summed E-state index contributed by atoms with van der Waals surface area (Å²) in [6.07, 6.45) is 0. The van der Waals surface area contributed by atoms with E-state index < -0.39 is 0 Å². The molecule has 0 aromatic rings. The summed E-state index contributed by atoms with van der Waals surface area (Å²) in [5.41, 5.74) is 0. The largest absolute Gasteiger partial charge is 0.466 e. The number of carbonyl (C=O) groups excluding carboxylic acids is 1. The highest BCUT2D eigenvalue weighted by Crippen LogP contribution is 1.69. The monoisotopic (exact) mass is 90.1 g/mol. The first-order chi connectivity index (χ1) is 2.77. The van der Waals surface area contributed by atoms with Gasteiger partial charge in [0.15, 0.2) is 0 Å². The molecule has 0 spiro atoms. The second-order valence-corrected chi connectivity index (χ2v) is 0.925. The average molecular weight is 90.1 g/mol. The molecule has 0 radical (unpaired) electrons. The minimum Gasteiger partial charge on any atom is -0.466 e. The minimum atomic E-state index is -0.211. The normalized spacial score (nSPS) is 7.67. The number of rotatable bonds is 1. The fourth-order valence-electron chi connectivity index (χ4n) is 0.203. The van der Waals surface area contributed by atoms with Crippen LogP contribution in [-0.2, 0) is 9.53 Å². The molecule has 0 aliphatic heterocycles. The van der Waals surface area contributed by atoms with E-state index in [0.29, 0.717) is 6.61 Å². The van der Waals surface area contributed by atoms with E-state index in [0.717, 1.165) is 0 Å². The smallest absolute Gasteiger partial charge is 0.302 e. The Morgan fingerprint density at radius 3 is 2.50 bits per heavy atom. The minimum absolute atomic E-state index is 0. The predicted octanol–water partition coefficient (Wildman–Crippen LogP) is 0.815. The first kappa shape index (κ1) is 5.47. The van der Waals surface area contributed by atoms with E-state index in [1.165, 1.54) is 6.92 Å². The van der Waals surface area contributed by atoms with Crippen LogP contribution in [0.5, 0.6) is 0 Å². The zero-order valence-electron chi connectivity index (χ0n) is 4.02. The van der Waals surface area contributed by atoms with Gasteiger partial charge in [0.2, 0.25) is 0 Å². The Bertz CT molecular complexity index is 53.7. The van der Waals surface area contributed by atoms with E-state index in [4.69, 9.17) is 0 Å². The molecule has 2 heteroatoms. The number of ether oxygens (including phenoxy) is 1. The Labute approximate surface area is 38.6 Å². The fourth-order valence-corrected chi connectivity index (χ4v) is 0.203. The van der Waals surface area contributed by atoms with Gasteiger partial charge in [-0.3, -0.25) is 4.79 Å². The van der Waals surface area contributed by atoms with Gasteiger partial charge in [0.1, 0.15) is 0 Å². The van der Waals surface area contributed by atoms with Crippen LogP contribution in [0.15, 0.2) is 0 Å². The summed E-state index contributed by atoms with van der Waals surface area (Å²) in [6.45, 7) is 3.65. The topological polar surface area (TPSA) is 26.3 Å². The molecule has 0 aromatic carbocycles. The summed E-state index contributed by atoms with van der Waals surface area (Å²) >= 11 is 0. The van der Waals surface area contributed by atoms with Crippen molar-refractivity contribution in [3.05, 3.63) is 0 Å². The Morgan fingerprint density at radius 1 is 2.00 bits per heavy atom. The zero-order chi connectivity index (χ0) is 4.99. The van der Waals surface area contributed by atoms with Gasteiger partial charge in [-0.25, -0.2) is 0 Å². The first-order valence-corrected chi connectivity index (χ1v) is 1.90. The molecule has 0 unspecified atom stereocenters. The average Bonchev–Trinajstić information content (AvgIpc) is 1.35. The van der Waals surface area contributed by atoms with Gasteiger partial charge in [-0.15, -0.1) is 0 Å². The van der Waals surface area contributed by atoms with E-state index in [1.807, 2.05) is 0 Å². The van der Waals surface area contributed by atoms with Crippen LogP contribution in [0.2, 0.25) is 0 Å². The van der Waals surface area contributed by atoms with E-state index in [-0.39, 0.29) is 7.40 Å². The van der Waals surface area contributed by atoms with Crippen LogP contribution in [0.4, 0.5) is 0 Å². The van der Waals surface area contributed by atoms with Crippen molar-refractivity contribution in [1.29, 1.82) is 0 Å². The molecule has 6 heavy (non-hydrogen) atoms. The van der Waals surface area contributed by atoms with Crippen LogP contribution in [0, 0.1) is 0 Å². The highest BCUT2D eigenvalue weighted by atomic mass is 16.5. The summed E-state index contributed by atoms with van der Waals surface area (Å²) in [6, 6.07) is 0. The highest BCUT2D eigenvalue weighted by molar-refractivity contribution is 5.65. The maximum atomic E-state index is 9.82. The Hall–Kier alpha value is -0.530. The maximum Gasteiger partial charge on any atom is 0.302 e. The molecule has 0 bridgehead atoms. The quantitative estimate of drug-likeness (QED) is 0.445. The second-order valence-electron chi connectivity index (χ2n) is 0.925. The first-order valence-electron chi connectivity index (χ1n) is 1.90. The number of carbonyl (C=O) groups is 1. The van der Waals surface area contributed by atoms with Crippen molar-refractivity contribution >= 4 is 5.97 Å². The van der Waals surface area contributed by atoms with Crippen molar-refractivity contribution in [2.24, 2.45) is 0 Å². The van der Waals surface area contributed by atoms with Crippen LogP contribution in [0.1, 0.15) is 15.3 Å². The summed E-state index contributed by atoms with van der Waals surface area (Å²) in [5.74, 6) is -0.211. The van der Waals surface area contributed by atoms with Crippen LogP contribution >= 0.6 is 0 Å². The van der Waals surface area contributed by atoms with Gasteiger partial charge < -0.3 is 4.74 Å². The van der Waals surface area contributed by atoms with E-state index in [9.17, 15) is 4.79 Å². The van der Waals surface area contributed by atoms with Crippen molar-refractivity contribution in [3.8, 4) is 0 Å². The van der Waals surface area contributed by atoms with Gasteiger partial charge in [-0.05, 0) is 6.92 Å². The molecule has 0 fully saturated rings. The molecule has 0 saturated heterocycles. The third-order valence-corrected chi connectivity index (χ3v) is 0.348. The fraction of sp³-hybridized carbons (Fsp3) is 0.750. The van der Waals surface area contributed by atoms with Crippen LogP contribution < -0.4 is 0 Å². The Balaban J connectivity index is 0. The third kappa shape index (κ3) is 3.47. The summed E-state index contributed by atoms with van der Waals surface area (Å²) in [7, 11) is 0. The highest BCUT2D eigenvalue weighted by Gasteiger charge is 1.81. The molecule has 0 aliphatic carbocycles. The number of hydrogen-bond donors (Lipinski definition) is 0. The molecular weight excluding hydrogens is 80.0 g/mol. The summed E-state index contributed by atoms with van der Waals surface area (Å²) < 4.78 is 4.40. The van der Waals surface area contributed by atoms with Gasteiger partial charge in [-0.1, -0.05) is 0 Å². The lowest BCUT2D eigenvalue weighted by Gasteiger charge is -1.89. The maximum absolute atomic E-state index is 9.82. The lowest BCUT2D eigenvalue weighted by atomic mass is 10.8. The molecule has 0 N–H and O–H groups in total. The van der Waals surface area contributed by atoms with Crippen LogP contribution in [-0.4, -0.2) is 12.6 Å². The SMILES string of the molecule is CCOC(C)=O.[HH]. The molecule has 0 aliphatic rings. The van der Waals surface area contributed by atoms with Gasteiger partial charge in [0, 0.05) is 8.35 Å². The second kappa shape index (κ2) is 2.69. The summed E-state index contributed by atoms with van der Waals surface area (Å²) in [5, 5.41) is 0. The molecule has 0 saturated carbocycles. The van der Waals surface area contributed by atoms with Gasteiger partial charge in [0.05, 0.1) is 6.61 Å². The van der Waals surface area contributed by atoms with Crippen LogP contribution in [0.25, 0.3) is 0 Å². The van der Waals surface area contributed by atoms with Crippen molar-refractivity contribution in [2.75, 3.05) is 6.61 Å². The van der Waals surface area contributed by atoms with Crippen molar-refractivity contribution in [1.82, 2.24) is 0 Å². The lowest BCUT2D eigenvalue weighted by Crippen LogP contribution is -1.95. The van der Waals surface area contributed by atoms with Crippen molar-refractivity contribution in [3.63, 3.8) is 0 Å². The van der Waals surface area contributed by atoms with E-state index in [1.54, 1.807) is 6.92 Å². The molecule has 0 aromatic heterocycles. The number of esters is 1. The van der Waals surface area contributed by atoms with E-state index >= 15 is 0 Å². The predicted molar refractivity (Wildman–Crippen MR) is 24.4 cm³/mol. The van der Waals surface area contributed by atoms with Crippen molar-refractivity contribution in [2.45, 2.75) is 13.8 Å². The molecule has 0 heterocycles. The molecule has 0 amide bonds. The Kier molecular flexibility index (Phi) is 2.46. The van der Waals surface area contributed by atoms with Gasteiger partial charge >= 0.3 is 5.97 Å². The van der Waals surface area contributed by atoms with Crippen LogP contribution in [0.3, 0.4) is 0 Å². The zero-order valence-corrected chi connectivity index (χ0v) is 4.02. The third-order valence-electron chi connectivity index (χ3n) is 0.348. The lowest BCUT2D eigenvalue weighted by molar-refractivity contribution is -0.140. The Morgan fingerprint density at radius 2 is 2.50 bits per heavy atom. The van der Waals surface area contributed by atoms with Crippen molar-refractivity contribution < 1.29 is 11.0 Å². The molecular formula is C4H10O2. The van der Waals surface area contributed by atoms with Gasteiger partial charge in [0.25, 0.3) is 0 Å². The summed E-state index contributed by atoms with van der Waals surface area (Å²) in [4.78, 5) is 9.82. The van der Waals surface area contributed by atoms with E-state index in [2.05, 4.69) is 4.74 Å². The molecule has 0 rings (SSSR count). The number of hydrogen-bond acceptors (Lipinski definition) is 2. The molecule has 38 valence electrons. The molecule has 2 nitrogen and oxygen atoms in total. The van der Waals surface area contributed by atoms with Gasteiger partial charge in [-0.2, -0.15) is 0 Å². The standard InChI is InChI=1S/C4H8O2.H2/c1-3-6-4(2)5;/h3H2,1-2H3;1H.